The highest BCUT2D eigenvalue weighted by atomic mass is 16.6. The number of carbonyl (C=O) groups excluding carboxylic acids is 2. The highest BCUT2D eigenvalue weighted by Gasteiger charge is 2.23. The van der Waals surface area contributed by atoms with Crippen LogP contribution in [0.4, 0.5) is 5.69 Å². The summed E-state index contributed by atoms with van der Waals surface area (Å²) in [5.74, 6) is -1.13. The van der Waals surface area contributed by atoms with Crippen molar-refractivity contribution in [1.29, 1.82) is 5.26 Å². The van der Waals surface area contributed by atoms with E-state index in [4.69, 9.17) is 10.00 Å². The molecule has 1 N–H and O–H groups in total. The van der Waals surface area contributed by atoms with Gasteiger partial charge in [0.1, 0.15) is 6.04 Å². The topological polar surface area (TPSA) is 122 Å². The third-order valence-electron chi connectivity index (χ3n) is 3.65. The van der Waals surface area contributed by atoms with Crippen molar-refractivity contribution in [2.45, 2.75) is 12.5 Å². The SMILES string of the molecule is COC(=O)[C@H](Cc1ccc([N+](=O)[O-])cc1)NC(=O)c1ccc(C#N)cc1. The predicted octanol–water partition coefficient (Wildman–Crippen LogP) is 1.98. The average Bonchev–Trinajstić information content (AvgIpc) is 2.67. The Labute approximate surface area is 149 Å². The van der Waals surface area contributed by atoms with Crippen molar-refractivity contribution < 1.29 is 19.2 Å². The van der Waals surface area contributed by atoms with Crippen LogP contribution in [-0.2, 0) is 16.0 Å². The molecule has 132 valence electrons. The number of benzene rings is 2. The molecule has 1 atom stereocenters. The summed E-state index contributed by atoms with van der Waals surface area (Å²) in [6, 6.07) is 12.6. The number of nitriles is 1. The number of nitrogens with zero attached hydrogens (tertiary/aromatic N) is 2. The molecule has 2 aromatic rings. The fraction of sp³-hybridized carbons (Fsp3) is 0.167. The predicted molar refractivity (Wildman–Crippen MR) is 91.2 cm³/mol. The number of rotatable bonds is 6. The van der Waals surface area contributed by atoms with Crippen molar-refractivity contribution in [2.24, 2.45) is 0 Å². The van der Waals surface area contributed by atoms with Crippen LogP contribution in [-0.4, -0.2) is 30.0 Å². The number of ether oxygens (including phenoxy) is 1. The van der Waals surface area contributed by atoms with Crippen molar-refractivity contribution in [3.8, 4) is 6.07 Å². The van der Waals surface area contributed by atoms with Crippen LogP contribution in [0.2, 0.25) is 0 Å². The van der Waals surface area contributed by atoms with Gasteiger partial charge in [0.25, 0.3) is 11.6 Å². The van der Waals surface area contributed by atoms with Crippen LogP contribution in [0.3, 0.4) is 0 Å². The first-order valence-corrected chi connectivity index (χ1v) is 7.56. The van der Waals surface area contributed by atoms with Crippen LogP contribution in [0.15, 0.2) is 48.5 Å². The minimum Gasteiger partial charge on any atom is -0.467 e. The molecule has 0 saturated heterocycles. The first-order chi connectivity index (χ1) is 12.4. The zero-order valence-corrected chi connectivity index (χ0v) is 13.8. The molecule has 0 saturated carbocycles. The number of non-ortho nitro benzene ring substituents is 1. The lowest BCUT2D eigenvalue weighted by Crippen LogP contribution is -2.43. The van der Waals surface area contributed by atoms with Gasteiger partial charge in [-0.3, -0.25) is 14.9 Å². The van der Waals surface area contributed by atoms with E-state index in [-0.39, 0.29) is 12.1 Å². The minimum atomic E-state index is -0.954. The molecule has 2 aromatic carbocycles. The fourth-order valence-electron chi connectivity index (χ4n) is 2.26. The molecule has 1 amide bonds. The molecule has 8 nitrogen and oxygen atoms in total. The van der Waals surface area contributed by atoms with Crippen LogP contribution in [0.1, 0.15) is 21.5 Å². The number of methoxy groups -OCH3 is 1. The normalized spacial score (nSPS) is 11.1. The van der Waals surface area contributed by atoms with E-state index in [1.165, 1.54) is 55.6 Å². The Bertz CT molecular complexity index is 854. The smallest absolute Gasteiger partial charge is 0.328 e. The first kappa shape index (κ1) is 18.6. The van der Waals surface area contributed by atoms with Crippen LogP contribution >= 0.6 is 0 Å². The zero-order chi connectivity index (χ0) is 19.1. The van der Waals surface area contributed by atoms with E-state index < -0.39 is 22.8 Å². The van der Waals surface area contributed by atoms with Gasteiger partial charge in [-0.05, 0) is 29.8 Å². The maximum Gasteiger partial charge on any atom is 0.328 e. The molecular weight excluding hydrogens is 338 g/mol. The molecule has 0 aliphatic carbocycles. The highest BCUT2D eigenvalue weighted by Crippen LogP contribution is 2.14. The lowest BCUT2D eigenvalue weighted by Gasteiger charge is -2.16. The van der Waals surface area contributed by atoms with Gasteiger partial charge in [-0.1, -0.05) is 12.1 Å². The summed E-state index contributed by atoms with van der Waals surface area (Å²) in [7, 11) is 1.21. The molecule has 0 unspecified atom stereocenters. The number of amides is 1. The van der Waals surface area contributed by atoms with Gasteiger partial charge < -0.3 is 10.1 Å². The Kier molecular flexibility index (Phi) is 6.01. The molecule has 26 heavy (non-hydrogen) atoms. The van der Waals surface area contributed by atoms with Gasteiger partial charge in [0.05, 0.1) is 23.7 Å². The Morgan fingerprint density at radius 1 is 1.19 bits per heavy atom. The lowest BCUT2D eigenvalue weighted by molar-refractivity contribution is -0.384. The molecule has 0 aliphatic heterocycles. The van der Waals surface area contributed by atoms with Crippen molar-refractivity contribution in [3.63, 3.8) is 0 Å². The Hall–Kier alpha value is -3.73. The second-order valence-electron chi connectivity index (χ2n) is 5.37. The summed E-state index contributed by atoms with van der Waals surface area (Å²) in [5, 5.41) is 22.0. The molecule has 0 heterocycles. The van der Waals surface area contributed by atoms with Gasteiger partial charge >= 0.3 is 5.97 Å². The largest absolute Gasteiger partial charge is 0.467 e. The summed E-state index contributed by atoms with van der Waals surface area (Å²) in [5.41, 5.74) is 1.27. The van der Waals surface area contributed by atoms with Crippen LogP contribution < -0.4 is 5.32 Å². The van der Waals surface area contributed by atoms with Gasteiger partial charge in [-0.2, -0.15) is 5.26 Å². The number of nitro groups is 1. The highest BCUT2D eigenvalue weighted by molar-refractivity contribution is 5.96. The number of nitrogens with one attached hydrogen (secondary N) is 1. The minimum absolute atomic E-state index is 0.0648. The van der Waals surface area contributed by atoms with Gasteiger partial charge in [0.15, 0.2) is 0 Å². The van der Waals surface area contributed by atoms with Gasteiger partial charge in [-0.25, -0.2) is 4.79 Å². The van der Waals surface area contributed by atoms with Crippen LogP contribution in [0, 0.1) is 21.4 Å². The molecule has 0 spiro atoms. The Morgan fingerprint density at radius 2 is 1.81 bits per heavy atom. The van der Waals surface area contributed by atoms with Crippen molar-refractivity contribution >= 4 is 17.6 Å². The van der Waals surface area contributed by atoms with Crippen molar-refractivity contribution in [3.05, 3.63) is 75.3 Å². The van der Waals surface area contributed by atoms with Crippen LogP contribution in [0.5, 0.6) is 0 Å². The summed E-state index contributed by atoms with van der Waals surface area (Å²) in [6.07, 6.45) is 0.118. The zero-order valence-electron chi connectivity index (χ0n) is 13.8. The molecule has 0 fully saturated rings. The maximum absolute atomic E-state index is 12.3. The van der Waals surface area contributed by atoms with E-state index in [2.05, 4.69) is 5.32 Å². The van der Waals surface area contributed by atoms with Gasteiger partial charge in [-0.15, -0.1) is 0 Å². The number of hydrogen-bond donors (Lipinski definition) is 1. The second-order valence-corrected chi connectivity index (χ2v) is 5.37. The standard InChI is InChI=1S/C18H15N3O5/c1-26-18(23)16(10-12-4-8-15(9-5-12)21(24)25)20-17(22)14-6-2-13(11-19)3-7-14/h2-9,16H,10H2,1H3,(H,20,22)/t16-/m0/s1. The third kappa shape index (κ3) is 4.64. The summed E-state index contributed by atoms with van der Waals surface area (Å²) in [6.45, 7) is 0. The molecule has 0 bridgehead atoms. The average molecular weight is 353 g/mol. The lowest BCUT2D eigenvalue weighted by atomic mass is 10.0. The van der Waals surface area contributed by atoms with E-state index in [0.717, 1.165) is 0 Å². The number of hydrogen-bond acceptors (Lipinski definition) is 6. The fourth-order valence-corrected chi connectivity index (χ4v) is 2.26. The quantitative estimate of drug-likeness (QED) is 0.481. The maximum atomic E-state index is 12.3. The molecule has 0 radical (unpaired) electrons. The Balaban J connectivity index is 2.13. The van der Waals surface area contributed by atoms with E-state index in [1.54, 1.807) is 0 Å². The summed E-state index contributed by atoms with van der Waals surface area (Å²) < 4.78 is 4.71. The summed E-state index contributed by atoms with van der Waals surface area (Å²) in [4.78, 5) is 34.5. The number of carbonyl (C=O) groups is 2. The molecule has 0 aromatic heterocycles. The van der Waals surface area contributed by atoms with E-state index >= 15 is 0 Å². The Morgan fingerprint density at radius 3 is 2.31 bits per heavy atom. The van der Waals surface area contributed by atoms with Gasteiger partial charge in [0, 0.05) is 24.1 Å². The first-order valence-electron chi connectivity index (χ1n) is 7.56. The van der Waals surface area contributed by atoms with Crippen molar-refractivity contribution in [2.75, 3.05) is 7.11 Å². The monoisotopic (exact) mass is 353 g/mol. The molecule has 2 rings (SSSR count). The number of esters is 1. The van der Waals surface area contributed by atoms with Gasteiger partial charge in [0.2, 0.25) is 0 Å². The number of nitro benzene ring substituents is 1. The molecule has 0 aliphatic rings. The summed E-state index contributed by atoms with van der Waals surface area (Å²) >= 11 is 0. The van der Waals surface area contributed by atoms with Crippen LogP contribution in [0.25, 0.3) is 0 Å². The third-order valence-corrected chi connectivity index (χ3v) is 3.65. The van der Waals surface area contributed by atoms with E-state index in [9.17, 15) is 19.7 Å². The van der Waals surface area contributed by atoms with E-state index in [1.807, 2.05) is 6.07 Å². The van der Waals surface area contributed by atoms with E-state index in [0.29, 0.717) is 16.7 Å². The molecular formula is C18H15N3O5. The molecule has 8 heteroatoms. The second kappa shape index (κ2) is 8.39. The van der Waals surface area contributed by atoms with Crippen molar-refractivity contribution in [1.82, 2.24) is 5.32 Å².